The van der Waals surface area contributed by atoms with Crippen molar-refractivity contribution in [1.82, 2.24) is 10.1 Å². The number of amides is 1. The molecule has 26 heavy (non-hydrogen) atoms. The van der Waals surface area contributed by atoms with Gasteiger partial charge in [-0.3, -0.25) is 4.79 Å². The van der Waals surface area contributed by atoms with Crippen molar-refractivity contribution in [1.29, 1.82) is 0 Å². The summed E-state index contributed by atoms with van der Waals surface area (Å²) >= 11 is 0. The number of ether oxygens (including phenoxy) is 2. The average molecular weight is 357 g/mol. The third kappa shape index (κ3) is 3.69. The molecule has 3 rings (SSSR count). The van der Waals surface area contributed by atoms with Crippen molar-refractivity contribution in [2.45, 2.75) is 26.4 Å². The fraction of sp³-hybridized carbons (Fsp3) is 0.278. The summed E-state index contributed by atoms with van der Waals surface area (Å²) in [4.78, 5) is 27.7. The van der Waals surface area contributed by atoms with Gasteiger partial charge in [0.25, 0.3) is 5.91 Å². The van der Waals surface area contributed by atoms with Crippen molar-refractivity contribution in [3.63, 3.8) is 0 Å². The molecule has 0 radical (unpaired) electrons. The number of rotatable bonds is 6. The van der Waals surface area contributed by atoms with Crippen LogP contribution in [0.5, 0.6) is 5.75 Å². The Hall–Kier alpha value is -3.29. The lowest BCUT2D eigenvalue weighted by Crippen LogP contribution is -2.32. The number of aryl methyl sites for hydroxylation is 1. The monoisotopic (exact) mass is 357 g/mol. The van der Waals surface area contributed by atoms with Gasteiger partial charge in [0, 0.05) is 23.0 Å². The van der Waals surface area contributed by atoms with E-state index in [1.54, 1.807) is 45.2 Å². The normalized spacial score (nSPS) is 12.0. The lowest BCUT2D eigenvalue weighted by molar-refractivity contribution is -0.124. The first-order valence-corrected chi connectivity index (χ1v) is 8.12. The second kappa shape index (κ2) is 7.30. The van der Waals surface area contributed by atoms with Crippen LogP contribution in [0.1, 0.15) is 29.6 Å². The topological polar surface area (TPSA) is 106 Å². The molecule has 8 nitrogen and oxygen atoms in total. The van der Waals surface area contributed by atoms with Crippen LogP contribution >= 0.6 is 0 Å². The first-order chi connectivity index (χ1) is 12.5. The first kappa shape index (κ1) is 17.5. The molecule has 1 amide bonds. The van der Waals surface area contributed by atoms with E-state index in [1.807, 2.05) is 6.07 Å². The van der Waals surface area contributed by atoms with Crippen LogP contribution in [0.3, 0.4) is 0 Å². The van der Waals surface area contributed by atoms with Gasteiger partial charge in [0.15, 0.2) is 11.9 Å². The van der Waals surface area contributed by atoms with E-state index in [-0.39, 0.29) is 11.5 Å². The Kier molecular flexibility index (Phi) is 4.92. The zero-order valence-corrected chi connectivity index (χ0v) is 14.7. The minimum Gasteiger partial charge on any atom is -0.497 e. The van der Waals surface area contributed by atoms with Gasteiger partial charge >= 0.3 is 5.97 Å². The van der Waals surface area contributed by atoms with Crippen molar-refractivity contribution in [2.24, 2.45) is 0 Å². The number of carbonyl (C=O) groups excluding carboxylic acids is 2. The number of nitrogens with zero attached hydrogens (tertiary/aromatic N) is 1. The van der Waals surface area contributed by atoms with Crippen molar-refractivity contribution in [2.75, 3.05) is 12.4 Å². The molecule has 3 aromatic rings. The van der Waals surface area contributed by atoms with Gasteiger partial charge in [0.05, 0.1) is 7.11 Å². The van der Waals surface area contributed by atoms with E-state index >= 15 is 0 Å². The summed E-state index contributed by atoms with van der Waals surface area (Å²) in [6, 6.07) is 8.66. The summed E-state index contributed by atoms with van der Waals surface area (Å²) in [5.41, 5.74) is 1.00. The molecule has 0 bridgehead atoms. The molecule has 2 aromatic heterocycles. The van der Waals surface area contributed by atoms with E-state index < -0.39 is 18.0 Å². The highest BCUT2D eigenvalue weighted by Crippen LogP contribution is 2.22. The van der Waals surface area contributed by atoms with Crippen LogP contribution in [0.2, 0.25) is 0 Å². The Morgan fingerprint density at radius 2 is 2.12 bits per heavy atom. The van der Waals surface area contributed by atoms with Gasteiger partial charge in [-0.05, 0) is 31.5 Å². The number of nitrogens with one attached hydrogen (secondary N) is 2. The number of benzene rings is 1. The van der Waals surface area contributed by atoms with Gasteiger partial charge in [-0.15, -0.1) is 0 Å². The van der Waals surface area contributed by atoms with Gasteiger partial charge in [0.1, 0.15) is 17.2 Å². The molecule has 0 aliphatic rings. The van der Waals surface area contributed by atoms with Crippen LogP contribution in [-0.4, -0.2) is 35.2 Å². The maximum Gasteiger partial charge on any atom is 0.355 e. The first-order valence-electron chi connectivity index (χ1n) is 8.12. The van der Waals surface area contributed by atoms with E-state index in [4.69, 9.17) is 14.0 Å². The number of esters is 1. The Labute approximate surface area is 149 Å². The second-order valence-corrected chi connectivity index (χ2v) is 5.75. The SMILES string of the molecule is CCC(OC(=O)c1cc2ccc(OC)cc2[nH]1)C(=O)Nc1cc(C)on1. The number of fused-ring (bicyclic) bond motifs is 1. The summed E-state index contributed by atoms with van der Waals surface area (Å²) in [6.07, 6.45) is -0.622. The van der Waals surface area contributed by atoms with Crippen LogP contribution in [0.4, 0.5) is 5.82 Å². The van der Waals surface area contributed by atoms with Crippen LogP contribution in [0.25, 0.3) is 10.9 Å². The molecule has 1 atom stereocenters. The zero-order chi connectivity index (χ0) is 18.7. The Bertz CT molecular complexity index is 943. The summed E-state index contributed by atoms with van der Waals surface area (Å²) < 4.78 is 15.4. The van der Waals surface area contributed by atoms with Crippen molar-refractivity contribution >= 4 is 28.6 Å². The van der Waals surface area contributed by atoms with Crippen LogP contribution in [0, 0.1) is 6.92 Å². The second-order valence-electron chi connectivity index (χ2n) is 5.75. The molecule has 1 unspecified atom stereocenters. The minimum absolute atomic E-state index is 0.261. The fourth-order valence-corrected chi connectivity index (χ4v) is 2.49. The molecule has 0 aliphatic heterocycles. The molecule has 0 aliphatic carbocycles. The number of methoxy groups -OCH3 is 1. The Morgan fingerprint density at radius 1 is 1.31 bits per heavy atom. The highest BCUT2D eigenvalue weighted by Gasteiger charge is 2.24. The standard InChI is InChI=1S/C18H19N3O5/c1-4-15(17(22)20-16-7-10(2)26-21-16)25-18(23)14-8-11-5-6-12(24-3)9-13(11)19-14/h5-9,15,19H,4H2,1-3H3,(H,20,21,22). The number of hydrogen-bond donors (Lipinski definition) is 2. The van der Waals surface area contributed by atoms with Crippen LogP contribution in [0.15, 0.2) is 34.9 Å². The fourth-order valence-electron chi connectivity index (χ4n) is 2.49. The van der Waals surface area contributed by atoms with E-state index in [2.05, 4.69) is 15.5 Å². The number of hydrogen-bond acceptors (Lipinski definition) is 6. The molecule has 8 heteroatoms. The van der Waals surface area contributed by atoms with Crippen molar-refractivity contribution in [3.05, 3.63) is 41.8 Å². The molecular weight excluding hydrogens is 338 g/mol. The third-order valence-electron chi connectivity index (χ3n) is 3.84. The summed E-state index contributed by atoms with van der Waals surface area (Å²) in [6.45, 7) is 3.46. The quantitative estimate of drug-likeness (QED) is 0.657. The highest BCUT2D eigenvalue weighted by atomic mass is 16.5. The minimum atomic E-state index is -0.944. The van der Waals surface area contributed by atoms with Crippen LogP contribution in [-0.2, 0) is 9.53 Å². The Balaban J connectivity index is 1.71. The average Bonchev–Trinajstić information content (AvgIpc) is 3.24. The van der Waals surface area contributed by atoms with Gasteiger partial charge in [-0.2, -0.15) is 0 Å². The van der Waals surface area contributed by atoms with Gasteiger partial charge in [0.2, 0.25) is 0 Å². The van der Waals surface area contributed by atoms with E-state index in [1.165, 1.54) is 0 Å². The molecule has 0 saturated heterocycles. The number of H-pyrrole nitrogens is 1. The van der Waals surface area contributed by atoms with E-state index in [9.17, 15) is 9.59 Å². The highest BCUT2D eigenvalue weighted by molar-refractivity contribution is 5.98. The molecule has 1 aromatic carbocycles. The summed E-state index contributed by atoms with van der Waals surface area (Å²) in [7, 11) is 1.57. The number of carbonyl (C=O) groups is 2. The lowest BCUT2D eigenvalue weighted by Gasteiger charge is -2.14. The van der Waals surface area contributed by atoms with Crippen LogP contribution < -0.4 is 10.1 Å². The predicted molar refractivity (Wildman–Crippen MR) is 94.2 cm³/mol. The number of aromatic nitrogens is 2. The molecule has 136 valence electrons. The van der Waals surface area contributed by atoms with Gasteiger partial charge < -0.3 is 24.3 Å². The summed E-state index contributed by atoms with van der Waals surface area (Å²) in [5, 5.41) is 7.09. The van der Waals surface area contributed by atoms with Gasteiger partial charge in [-0.25, -0.2) is 4.79 Å². The van der Waals surface area contributed by atoms with E-state index in [0.29, 0.717) is 17.9 Å². The zero-order valence-electron chi connectivity index (χ0n) is 14.7. The van der Waals surface area contributed by atoms with Crippen molar-refractivity contribution in [3.8, 4) is 5.75 Å². The Morgan fingerprint density at radius 3 is 2.77 bits per heavy atom. The molecule has 0 saturated carbocycles. The molecule has 0 spiro atoms. The number of aromatic amines is 1. The van der Waals surface area contributed by atoms with Gasteiger partial charge in [-0.1, -0.05) is 12.1 Å². The maximum absolute atomic E-state index is 12.4. The predicted octanol–water partition coefficient (Wildman–Crippen LogP) is 3.05. The smallest absolute Gasteiger partial charge is 0.355 e. The molecule has 0 fully saturated rings. The summed E-state index contributed by atoms with van der Waals surface area (Å²) in [5.74, 6) is 0.442. The largest absolute Gasteiger partial charge is 0.497 e. The molecule has 2 heterocycles. The van der Waals surface area contributed by atoms with Crippen molar-refractivity contribution < 1.29 is 23.6 Å². The molecule has 2 N–H and O–H groups in total. The third-order valence-corrected chi connectivity index (χ3v) is 3.84. The lowest BCUT2D eigenvalue weighted by atomic mass is 10.2. The molecular formula is C18H19N3O5. The maximum atomic E-state index is 12.4. The number of anilines is 1. The van der Waals surface area contributed by atoms with E-state index in [0.717, 1.165) is 10.9 Å².